The fourth-order valence-corrected chi connectivity index (χ4v) is 6.90. The number of nitrogens with one attached hydrogen (secondary N) is 7. The van der Waals surface area contributed by atoms with Gasteiger partial charge in [0.1, 0.15) is 12.1 Å². The van der Waals surface area contributed by atoms with E-state index in [1.54, 1.807) is 0 Å². The summed E-state index contributed by atoms with van der Waals surface area (Å²) in [6, 6.07) is -0.292. The van der Waals surface area contributed by atoms with E-state index in [1.165, 1.54) is 25.3 Å². The minimum Gasteiger partial charge on any atom is -0.394 e. The smallest absolute Gasteiger partial charge is 0.267 e. The molecule has 1 aromatic heterocycles. The number of unbranched alkanes of at least 4 members (excludes halogenated alkanes) is 1. The van der Waals surface area contributed by atoms with Crippen LogP contribution in [0.2, 0.25) is 0 Å². The maximum Gasteiger partial charge on any atom is 0.267 e. The van der Waals surface area contributed by atoms with Gasteiger partial charge in [-0.25, -0.2) is 8.78 Å². The maximum absolute atomic E-state index is 13.8. The number of rotatable bonds is 43. The van der Waals surface area contributed by atoms with Crippen molar-refractivity contribution in [1.82, 2.24) is 41.8 Å². The van der Waals surface area contributed by atoms with Crippen LogP contribution in [0.4, 0.5) is 8.78 Å². The summed E-state index contributed by atoms with van der Waals surface area (Å²) in [6.45, 7) is 4.72. The molecule has 1 unspecified atom stereocenters. The second kappa shape index (κ2) is 39.4. The first-order chi connectivity index (χ1) is 35.6. The van der Waals surface area contributed by atoms with Gasteiger partial charge in [0.05, 0.1) is 117 Å². The molecule has 27 heteroatoms. The van der Waals surface area contributed by atoms with Gasteiger partial charge in [0.25, 0.3) is 11.8 Å². The monoisotopic (exact) mass is 1080 g/mol. The van der Waals surface area contributed by atoms with Gasteiger partial charge in [-0.2, -0.15) is 12.6 Å². The number of nitrogens with zero attached hydrogens (tertiary/aromatic N) is 2. The molecule has 2 heterocycles. The number of halogens is 2. The van der Waals surface area contributed by atoms with E-state index in [2.05, 4.69) is 49.5 Å². The predicted octanol–water partition coefficient (Wildman–Crippen LogP) is -0.961. The van der Waals surface area contributed by atoms with Crippen LogP contribution >= 0.6 is 12.6 Å². The average molecular weight is 1080 g/mol. The minimum atomic E-state index is -3.12. The third-order valence-electron chi connectivity index (χ3n) is 10.7. The van der Waals surface area contributed by atoms with Crippen molar-refractivity contribution in [1.29, 1.82) is 5.41 Å². The number of carbonyl (C=O) groups excluding carboxylic acids is 7. The van der Waals surface area contributed by atoms with E-state index in [1.807, 2.05) is 0 Å². The Kier molecular flexibility index (Phi) is 34.7. The lowest BCUT2D eigenvalue weighted by molar-refractivity contribution is -0.134. The van der Waals surface area contributed by atoms with Crippen LogP contribution in [0.15, 0.2) is 18.3 Å². The molecule has 74 heavy (non-hydrogen) atoms. The first kappa shape index (κ1) is 65.1. The highest BCUT2D eigenvalue weighted by molar-refractivity contribution is 7.80. The molecule has 1 saturated heterocycles. The number of aliphatic hydroxyl groups excluding tert-OH is 2. The third-order valence-corrected chi connectivity index (χ3v) is 11.0. The minimum absolute atomic E-state index is 0.00962. The number of hydrogen-bond acceptors (Lipinski definition) is 18. The van der Waals surface area contributed by atoms with Crippen LogP contribution in [0, 0.1) is 5.41 Å². The molecule has 0 spiro atoms. The lowest BCUT2D eigenvalue weighted by Gasteiger charge is -2.25. The van der Waals surface area contributed by atoms with Crippen molar-refractivity contribution in [3.8, 4) is 0 Å². The molecule has 1 aliphatic heterocycles. The van der Waals surface area contributed by atoms with Crippen LogP contribution in [-0.2, 0) is 63.7 Å². The normalized spacial score (nSPS) is 15.1. The van der Waals surface area contributed by atoms with Crippen molar-refractivity contribution in [2.75, 3.05) is 118 Å². The fourth-order valence-electron chi connectivity index (χ4n) is 6.79. The molecule has 0 radical (unpaired) electrons. The van der Waals surface area contributed by atoms with Gasteiger partial charge in [0, 0.05) is 75.5 Å². The Hall–Kier alpha value is -5.00. The summed E-state index contributed by atoms with van der Waals surface area (Å²) in [7, 11) is 0. The van der Waals surface area contributed by atoms with Crippen molar-refractivity contribution in [2.45, 2.75) is 101 Å². The number of ether oxygens (including phenoxy) is 6. The molecule has 1 fully saturated rings. The number of thiol groups is 1. The van der Waals surface area contributed by atoms with Crippen LogP contribution in [-0.4, -0.2) is 216 Å². The standard InChI is InChI=1S/C47H77F2N9O15S/c1-34(46(67)58-33-47(48,49)29-37(58)30-50)56-44(65)35-9-12-51-36(28-35)31-55-42(63)8-7-41(62)53-13-16-69-18-20-71-22-24-73-26-25-72-23-21-70-19-17-68-15-10-43(64)57-39(45(66)54-14-27-74)5-6-40(61)52-11-3-2-4-38(60)32-59/h9,12,28,30,34,37-39,50,59-60,74H,2-8,10-11,13-27,29,31-33H2,1H3,(H,52,61)(H,53,62)(H,54,66)(H,55,63)(H,56,65)(H,57,64)/t34-,37+,38?,39-/m1/s1. The number of alkyl halides is 2. The van der Waals surface area contributed by atoms with Crippen LogP contribution < -0.4 is 31.9 Å². The van der Waals surface area contributed by atoms with Gasteiger partial charge in [0.2, 0.25) is 35.4 Å². The predicted molar refractivity (Wildman–Crippen MR) is 267 cm³/mol. The number of aromatic nitrogens is 1. The second-order valence-electron chi connectivity index (χ2n) is 16.9. The summed E-state index contributed by atoms with van der Waals surface area (Å²) < 4.78 is 60.5. The van der Waals surface area contributed by atoms with Gasteiger partial charge >= 0.3 is 0 Å². The average Bonchev–Trinajstić information content (AvgIpc) is 3.71. The number of hydrogen-bond donors (Lipinski definition) is 10. The van der Waals surface area contributed by atoms with Crippen molar-refractivity contribution in [3.63, 3.8) is 0 Å². The molecule has 2 rings (SSSR count). The Balaban J connectivity index is 1.40. The number of pyridine rings is 1. The highest BCUT2D eigenvalue weighted by Crippen LogP contribution is 2.31. The van der Waals surface area contributed by atoms with E-state index in [9.17, 15) is 47.4 Å². The van der Waals surface area contributed by atoms with Crippen LogP contribution in [0.3, 0.4) is 0 Å². The molecule has 9 N–H and O–H groups in total. The van der Waals surface area contributed by atoms with Crippen molar-refractivity contribution >= 4 is 60.2 Å². The SMILES string of the molecule is C[C@@H](NC(=O)c1ccnc(CNC(=O)CCC(=O)NCCOCCOCCOCCOCCOCCOCCC(=O)N[C@H](CCC(=O)NCCCCC(O)CO)C(=O)NCCS)c1)C(=O)N1CC(F)(F)C[C@H]1C=N. The van der Waals surface area contributed by atoms with Crippen LogP contribution in [0.5, 0.6) is 0 Å². The lowest BCUT2D eigenvalue weighted by atomic mass is 10.1. The lowest BCUT2D eigenvalue weighted by Crippen LogP contribution is -2.49. The van der Waals surface area contributed by atoms with E-state index in [0.29, 0.717) is 96.7 Å². The molecule has 24 nitrogen and oxygen atoms in total. The van der Waals surface area contributed by atoms with E-state index in [4.69, 9.17) is 38.9 Å². The highest BCUT2D eigenvalue weighted by atomic mass is 32.1. The van der Waals surface area contributed by atoms with Gasteiger partial charge in [-0.05, 0) is 44.7 Å². The summed E-state index contributed by atoms with van der Waals surface area (Å²) >= 11 is 4.09. The van der Waals surface area contributed by atoms with E-state index >= 15 is 0 Å². The van der Waals surface area contributed by atoms with Gasteiger partial charge in [-0.3, -0.25) is 38.5 Å². The van der Waals surface area contributed by atoms with Crippen LogP contribution in [0.1, 0.15) is 80.8 Å². The van der Waals surface area contributed by atoms with Crippen molar-refractivity contribution in [2.24, 2.45) is 0 Å². The Morgan fingerprint density at radius 2 is 1.32 bits per heavy atom. The summed E-state index contributed by atoms with van der Waals surface area (Å²) in [6.07, 6.45) is 2.38. The fraction of sp³-hybridized carbons (Fsp3) is 0.723. The number of amides is 7. The quantitative estimate of drug-likeness (QED) is 0.0214. The van der Waals surface area contributed by atoms with E-state index < -0.39 is 72.7 Å². The van der Waals surface area contributed by atoms with Gasteiger partial charge < -0.3 is 80.8 Å². The Morgan fingerprint density at radius 3 is 1.92 bits per heavy atom. The van der Waals surface area contributed by atoms with Crippen LogP contribution in [0.25, 0.3) is 0 Å². The van der Waals surface area contributed by atoms with E-state index in [0.717, 1.165) is 11.1 Å². The molecule has 4 atom stereocenters. The van der Waals surface area contributed by atoms with Gasteiger partial charge in [0.15, 0.2) is 0 Å². The van der Waals surface area contributed by atoms with E-state index in [-0.39, 0.29) is 95.6 Å². The summed E-state index contributed by atoms with van der Waals surface area (Å²) in [5, 5.41) is 41.5. The molecule has 1 aliphatic rings. The number of likely N-dealkylation sites (tertiary alicyclic amines) is 1. The zero-order valence-corrected chi connectivity index (χ0v) is 43.1. The summed E-state index contributed by atoms with van der Waals surface area (Å²) in [4.78, 5) is 92.4. The molecule has 0 bridgehead atoms. The largest absolute Gasteiger partial charge is 0.394 e. The molecule has 7 amide bonds. The zero-order chi connectivity index (χ0) is 54.4. The first-order valence-electron chi connectivity index (χ1n) is 24.8. The summed E-state index contributed by atoms with van der Waals surface area (Å²) in [5.41, 5.74) is 0.462. The molecule has 0 aromatic carbocycles. The number of aliphatic hydroxyl groups is 2. The molecular formula is C47H77F2N9O15S. The Morgan fingerprint density at radius 1 is 0.757 bits per heavy atom. The first-order valence-corrected chi connectivity index (χ1v) is 25.4. The third kappa shape index (κ3) is 30.4. The highest BCUT2D eigenvalue weighted by Gasteiger charge is 2.47. The topological polar surface area (TPSA) is 327 Å². The molecule has 420 valence electrons. The van der Waals surface area contributed by atoms with Crippen molar-refractivity contribution < 1.29 is 81.0 Å². The van der Waals surface area contributed by atoms with Crippen molar-refractivity contribution in [3.05, 3.63) is 29.6 Å². The van der Waals surface area contributed by atoms with Gasteiger partial charge in [-0.15, -0.1) is 0 Å². The maximum atomic E-state index is 13.8. The zero-order valence-electron chi connectivity index (χ0n) is 42.2. The second-order valence-corrected chi connectivity index (χ2v) is 17.3. The van der Waals surface area contributed by atoms with Gasteiger partial charge in [-0.1, -0.05) is 0 Å². The molecular weight excluding hydrogens is 1000 g/mol. The number of carbonyl (C=O) groups is 7. The molecule has 0 saturated carbocycles. The molecule has 0 aliphatic carbocycles. The Bertz CT molecular complexity index is 1850. The summed E-state index contributed by atoms with van der Waals surface area (Å²) in [5.74, 6) is -5.94. The molecule has 1 aromatic rings. The Labute approximate surface area is 436 Å².